The third-order valence-corrected chi connectivity index (χ3v) is 13.4. The van der Waals surface area contributed by atoms with Gasteiger partial charge in [-0.25, -0.2) is 4.18 Å². The maximum atomic E-state index is 12.7. The molecule has 11 heteroatoms. The largest absolute Gasteiger partial charge is 0.397 e. The van der Waals surface area contributed by atoms with Crippen molar-refractivity contribution in [3.05, 3.63) is 0 Å². The molecule has 7 N–H and O–H groups in total. The lowest BCUT2D eigenvalue weighted by Crippen LogP contribution is -2.58. The smallest absolute Gasteiger partial charge is 0.393 e. The Morgan fingerprint density at radius 2 is 1.56 bits per heavy atom. The van der Waals surface area contributed by atoms with Crippen LogP contribution in [0.2, 0.25) is 0 Å². The Kier molecular flexibility index (Phi) is 13.6. The molecule has 45 heavy (non-hydrogen) atoms. The van der Waals surface area contributed by atoms with E-state index in [2.05, 4.69) is 36.7 Å². The number of aliphatic hydroxyl groups excluding tert-OH is 1. The Labute approximate surface area is 273 Å². The summed E-state index contributed by atoms with van der Waals surface area (Å²) in [5, 5.41) is 21.6. The van der Waals surface area contributed by atoms with Crippen LogP contribution in [0.1, 0.15) is 111 Å². The fourth-order valence-electron chi connectivity index (χ4n) is 10.5. The Morgan fingerprint density at radius 1 is 0.911 bits per heavy atom. The van der Waals surface area contributed by atoms with Crippen LogP contribution in [-0.2, 0) is 19.4 Å². The highest BCUT2D eigenvalue weighted by Gasteiger charge is 2.63. The monoisotopic (exact) mass is 656 g/mol. The summed E-state index contributed by atoms with van der Waals surface area (Å²) in [5.41, 5.74) is 5.74. The van der Waals surface area contributed by atoms with Gasteiger partial charge in [0.25, 0.3) is 0 Å². The number of rotatable bonds is 18. The summed E-state index contributed by atoms with van der Waals surface area (Å²) < 4.78 is 36.9. The molecule has 4 rings (SSSR count). The third kappa shape index (κ3) is 9.42. The molecule has 4 aliphatic rings. The molecule has 0 bridgehead atoms. The zero-order valence-electron chi connectivity index (χ0n) is 28.3. The maximum Gasteiger partial charge on any atom is 0.397 e. The van der Waals surface area contributed by atoms with Crippen molar-refractivity contribution in [2.75, 3.05) is 39.3 Å². The molecule has 262 valence electrons. The number of hydrogen-bond donors (Lipinski definition) is 6. The van der Waals surface area contributed by atoms with Crippen LogP contribution in [0.25, 0.3) is 0 Å². The predicted molar refractivity (Wildman–Crippen MR) is 178 cm³/mol. The van der Waals surface area contributed by atoms with Crippen LogP contribution in [-0.4, -0.2) is 75.5 Å². The summed E-state index contributed by atoms with van der Waals surface area (Å²) in [6.45, 7) is 12.6. The van der Waals surface area contributed by atoms with Crippen molar-refractivity contribution in [2.45, 2.75) is 123 Å². The second-order valence-electron chi connectivity index (χ2n) is 15.5. The van der Waals surface area contributed by atoms with E-state index in [0.29, 0.717) is 55.9 Å². The SMILES string of the molecule is CC(CCC(=O)NCCCNCCCCNCCCN)[C@H]1CCC2C3C(CC[C@@]21C)[C@@]1(C)CC[C@@H](OS(=O)(=O)O)C[C@H]1C[C@H]3O. The van der Waals surface area contributed by atoms with Crippen LogP contribution in [0.5, 0.6) is 0 Å². The van der Waals surface area contributed by atoms with Gasteiger partial charge in [-0.3, -0.25) is 9.35 Å². The average Bonchev–Trinajstić information content (AvgIpc) is 3.33. The second-order valence-corrected chi connectivity index (χ2v) is 16.6. The molecule has 0 radical (unpaired) electrons. The van der Waals surface area contributed by atoms with Gasteiger partial charge in [-0.1, -0.05) is 20.8 Å². The van der Waals surface area contributed by atoms with Gasteiger partial charge in [0.2, 0.25) is 5.91 Å². The summed E-state index contributed by atoms with van der Waals surface area (Å²) in [5.74, 6) is 2.56. The van der Waals surface area contributed by atoms with Crippen molar-refractivity contribution < 1.29 is 27.1 Å². The minimum absolute atomic E-state index is 0.0590. The highest BCUT2D eigenvalue weighted by atomic mass is 32.3. The molecular weight excluding hydrogens is 592 g/mol. The lowest BCUT2D eigenvalue weighted by molar-refractivity contribution is -0.172. The fourth-order valence-corrected chi connectivity index (χ4v) is 11.0. The zero-order chi connectivity index (χ0) is 32.7. The first-order valence-electron chi connectivity index (χ1n) is 18.1. The van der Waals surface area contributed by atoms with Crippen LogP contribution >= 0.6 is 0 Å². The number of aliphatic hydroxyl groups is 1. The molecule has 0 saturated heterocycles. The average molecular weight is 657 g/mol. The van der Waals surface area contributed by atoms with Gasteiger partial charge in [0.15, 0.2) is 0 Å². The molecule has 0 aromatic heterocycles. The van der Waals surface area contributed by atoms with Gasteiger partial charge in [-0.2, -0.15) is 8.42 Å². The Bertz CT molecular complexity index is 1050. The molecule has 0 spiro atoms. The van der Waals surface area contributed by atoms with E-state index < -0.39 is 16.5 Å². The van der Waals surface area contributed by atoms with Gasteiger partial charge in [0.1, 0.15) is 0 Å². The second kappa shape index (κ2) is 16.5. The van der Waals surface area contributed by atoms with E-state index in [9.17, 15) is 22.9 Å². The molecule has 4 saturated carbocycles. The molecule has 0 aliphatic heterocycles. The van der Waals surface area contributed by atoms with Crippen LogP contribution in [0.15, 0.2) is 0 Å². The van der Waals surface area contributed by atoms with Gasteiger partial charge in [-0.15, -0.1) is 0 Å². The summed E-state index contributed by atoms with van der Waals surface area (Å²) in [7, 11) is -4.47. The minimum atomic E-state index is -4.47. The zero-order valence-corrected chi connectivity index (χ0v) is 29.1. The molecule has 0 heterocycles. The fraction of sp³-hybridized carbons (Fsp3) is 0.971. The summed E-state index contributed by atoms with van der Waals surface area (Å²) in [6.07, 6.45) is 12.2. The van der Waals surface area contributed by atoms with E-state index in [1.54, 1.807) is 0 Å². The topological polar surface area (TPSA) is 163 Å². The summed E-state index contributed by atoms with van der Waals surface area (Å²) >= 11 is 0. The first-order valence-corrected chi connectivity index (χ1v) is 19.5. The quantitative estimate of drug-likeness (QED) is 0.0945. The minimum Gasteiger partial charge on any atom is -0.393 e. The van der Waals surface area contributed by atoms with E-state index in [1.807, 2.05) is 0 Å². The van der Waals surface area contributed by atoms with Crippen LogP contribution in [0.3, 0.4) is 0 Å². The molecule has 1 amide bonds. The third-order valence-electron chi connectivity index (χ3n) is 12.8. The molecule has 10 nitrogen and oxygen atoms in total. The van der Waals surface area contributed by atoms with Crippen molar-refractivity contribution in [2.24, 2.45) is 52.1 Å². The number of amides is 1. The highest BCUT2D eigenvalue weighted by molar-refractivity contribution is 7.80. The van der Waals surface area contributed by atoms with E-state index in [0.717, 1.165) is 90.5 Å². The first kappa shape index (κ1) is 37.0. The standard InChI is InChI=1S/C34H64N4O6S/c1-24(8-11-31(40)38-21-7-20-37-18-5-4-17-36-19-6-16-35)27-9-10-28-32-29(13-15-34(27,28)3)33(2)14-12-26(44-45(41,42)43)22-25(33)23-30(32)39/h24-30,32,36-37,39H,4-23,35H2,1-3H3,(H,38,40)(H,41,42,43)/t24?,25-,26+,27+,28?,29?,30+,32?,33-,34+/m0/s1. The van der Waals surface area contributed by atoms with E-state index in [-0.39, 0.29) is 34.7 Å². The number of fused-ring (bicyclic) bond motifs is 5. The lowest BCUT2D eigenvalue weighted by Gasteiger charge is -2.62. The van der Waals surface area contributed by atoms with Crippen molar-refractivity contribution >= 4 is 16.3 Å². The van der Waals surface area contributed by atoms with E-state index >= 15 is 0 Å². The van der Waals surface area contributed by atoms with E-state index in [4.69, 9.17) is 9.92 Å². The van der Waals surface area contributed by atoms with Gasteiger partial charge in [0, 0.05) is 13.0 Å². The molecule has 4 unspecified atom stereocenters. The summed E-state index contributed by atoms with van der Waals surface area (Å²) in [4.78, 5) is 12.7. The molecule has 10 atom stereocenters. The Balaban J connectivity index is 1.18. The first-order chi connectivity index (χ1) is 21.4. The Hall–Kier alpha value is -0.820. The van der Waals surface area contributed by atoms with Crippen molar-refractivity contribution in [1.29, 1.82) is 0 Å². The maximum absolute atomic E-state index is 12.7. The lowest BCUT2D eigenvalue weighted by atomic mass is 9.43. The molecule has 0 aromatic rings. The molecular formula is C34H64N4O6S. The van der Waals surface area contributed by atoms with Crippen LogP contribution in [0.4, 0.5) is 0 Å². The van der Waals surface area contributed by atoms with Gasteiger partial charge >= 0.3 is 10.4 Å². The van der Waals surface area contributed by atoms with Gasteiger partial charge in [0.05, 0.1) is 12.2 Å². The number of carbonyl (C=O) groups excluding carboxylic acids is 1. The number of carbonyl (C=O) groups is 1. The van der Waals surface area contributed by atoms with E-state index in [1.165, 1.54) is 6.42 Å². The van der Waals surface area contributed by atoms with Crippen molar-refractivity contribution in [3.63, 3.8) is 0 Å². The predicted octanol–water partition coefficient (Wildman–Crippen LogP) is 4.03. The number of unbranched alkanes of at least 4 members (excludes halogenated alkanes) is 1. The normalized spacial score (nSPS) is 37.0. The van der Waals surface area contributed by atoms with Crippen LogP contribution in [0, 0.1) is 46.3 Å². The van der Waals surface area contributed by atoms with Crippen molar-refractivity contribution in [1.82, 2.24) is 16.0 Å². The molecule has 4 fully saturated rings. The molecule has 4 aliphatic carbocycles. The van der Waals surface area contributed by atoms with Crippen molar-refractivity contribution in [3.8, 4) is 0 Å². The number of hydrogen-bond acceptors (Lipinski definition) is 8. The molecule has 0 aromatic carbocycles. The number of nitrogens with two attached hydrogens (primary N) is 1. The van der Waals surface area contributed by atoms with Crippen LogP contribution < -0.4 is 21.7 Å². The van der Waals surface area contributed by atoms with Gasteiger partial charge < -0.3 is 26.8 Å². The number of nitrogens with one attached hydrogen (secondary N) is 3. The van der Waals surface area contributed by atoms with Gasteiger partial charge in [-0.05, 0) is 163 Å². The highest BCUT2D eigenvalue weighted by Crippen LogP contribution is 2.68. The summed E-state index contributed by atoms with van der Waals surface area (Å²) in [6, 6.07) is 0. The Morgan fingerprint density at radius 3 is 2.24 bits per heavy atom.